The monoisotopic (exact) mass is 296 g/mol. The summed E-state index contributed by atoms with van der Waals surface area (Å²) >= 11 is 0. The van der Waals surface area contributed by atoms with Crippen molar-refractivity contribution in [3.8, 4) is 5.69 Å². The molecule has 0 radical (unpaired) electrons. The second-order valence-corrected chi connectivity index (χ2v) is 5.51. The van der Waals surface area contributed by atoms with Gasteiger partial charge in [0.2, 0.25) is 0 Å². The van der Waals surface area contributed by atoms with Gasteiger partial charge in [0, 0.05) is 12.1 Å². The summed E-state index contributed by atoms with van der Waals surface area (Å²) < 4.78 is 3.61. The summed E-state index contributed by atoms with van der Waals surface area (Å²) in [7, 11) is 0. The lowest BCUT2D eigenvalue weighted by molar-refractivity contribution is 0.155. The van der Waals surface area contributed by atoms with Crippen molar-refractivity contribution >= 4 is 0 Å². The van der Waals surface area contributed by atoms with E-state index in [1.807, 2.05) is 41.2 Å². The molecule has 0 bridgehead atoms. The molecule has 0 aliphatic heterocycles. The molecule has 7 heteroatoms. The summed E-state index contributed by atoms with van der Waals surface area (Å²) in [4.78, 5) is 0. The second kappa shape index (κ2) is 5.34. The van der Waals surface area contributed by atoms with Crippen molar-refractivity contribution in [1.82, 2.24) is 30.0 Å². The SMILES string of the molecule is OC1CCc2cnn(Cc3nnnn3-c3ccccc3)c2C1. The summed E-state index contributed by atoms with van der Waals surface area (Å²) in [5.41, 5.74) is 3.22. The molecule has 4 rings (SSSR count). The zero-order chi connectivity index (χ0) is 14.9. The van der Waals surface area contributed by atoms with Crippen molar-refractivity contribution in [2.24, 2.45) is 0 Å². The topological polar surface area (TPSA) is 81.7 Å². The Bertz CT molecular complexity index is 778. The summed E-state index contributed by atoms with van der Waals surface area (Å²) in [5.74, 6) is 0.720. The van der Waals surface area contributed by atoms with E-state index in [-0.39, 0.29) is 6.10 Å². The molecule has 0 spiro atoms. The highest BCUT2D eigenvalue weighted by molar-refractivity contribution is 5.30. The Kier molecular flexibility index (Phi) is 3.19. The van der Waals surface area contributed by atoms with E-state index in [9.17, 15) is 5.11 Å². The Hall–Kier alpha value is -2.54. The molecule has 112 valence electrons. The highest BCUT2D eigenvalue weighted by Gasteiger charge is 2.22. The second-order valence-electron chi connectivity index (χ2n) is 5.51. The fourth-order valence-corrected chi connectivity index (χ4v) is 2.89. The number of hydrogen-bond acceptors (Lipinski definition) is 5. The zero-order valence-electron chi connectivity index (χ0n) is 12.0. The standard InChI is InChI=1S/C15H16N6O/c22-13-7-6-11-9-16-20(14(11)8-13)10-15-17-18-19-21(15)12-4-2-1-3-5-12/h1-5,9,13,22H,6-8,10H2. The molecule has 2 aromatic heterocycles. The lowest BCUT2D eigenvalue weighted by atomic mass is 9.96. The van der Waals surface area contributed by atoms with E-state index in [1.165, 1.54) is 5.56 Å². The van der Waals surface area contributed by atoms with Gasteiger partial charge in [-0.1, -0.05) is 18.2 Å². The molecule has 0 fully saturated rings. The molecule has 0 saturated carbocycles. The highest BCUT2D eigenvalue weighted by atomic mass is 16.3. The Morgan fingerprint density at radius 3 is 2.95 bits per heavy atom. The molecule has 1 aromatic carbocycles. The van der Waals surface area contributed by atoms with Gasteiger partial charge in [-0.25, -0.2) is 0 Å². The molecule has 1 N–H and O–H groups in total. The van der Waals surface area contributed by atoms with Gasteiger partial charge < -0.3 is 5.11 Å². The minimum absolute atomic E-state index is 0.284. The molecule has 0 saturated heterocycles. The van der Waals surface area contributed by atoms with Crippen molar-refractivity contribution in [1.29, 1.82) is 0 Å². The normalized spacial score (nSPS) is 17.4. The molecule has 1 atom stereocenters. The average Bonchev–Trinajstić information content (AvgIpc) is 3.16. The molecular formula is C15H16N6O. The number of nitrogens with zero attached hydrogens (tertiary/aromatic N) is 6. The van der Waals surface area contributed by atoms with E-state index in [2.05, 4.69) is 20.6 Å². The number of benzene rings is 1. The first kappa shape index (κ1) is 13.1. The van der Waals surface area contributed by atoms with Gasteiger partial charge in [0.15, 0.2) is 5.82 Å². The summed E-state index contributed by atoms with van der Waals surface area (Å²) in [5, 5.41) is 26.3. The van der Waals surface area contributed by atoms with Crippen LogP contribution in [0, 0.1) is 0 Å². The number of fused-ring (bicyclic) bond motifs is 1. The fraction of sp³-hybridized carbons (Fsp3) is 0.333. The molecule has 1 aliphatic rings. The zero-order valence-corrected chi connectivity index (χ0v) is 12.0. The van der Waals surface area contributed by atoms with Crippen LogP contribution in [0.1, 0.15) is 23.5 Å². The van der Waals surface area contributed by atoms with Crippen LogP contribution in [0.25, 0.3) is 5.69 Å². The molecule has 2 heterocycles. The number of aliphatic hydroxyl groups excluding tert-OH is 1. The number of tetrazole rings is 1. The maximum Gasteiger partial charge on any atom is 0.178 e. The molecule has 3 aromatic rings. The lowest BCUT2D eigenvalue weighted by Crippen LogP contribution is -2.22. The first-order valence-corrected chi connectivity index (χ1v) is 7.35. The van der Waals surface area contributed by atoms with E-state index in [1.54, 1.807) is 4.68 Å². The first-order valence-electron chi connectivity index (χ1n) is 7.35. The maximum atomic E-state index is 9.87. The van der Waals surface area contributed by atoms with Gasteiger partial charge in [0.05, 0.1) is 18.0 Å². The quantitative estimate of drug-likeness (QED) is 0.771. The van der Waals surface area contributed by atoms with E-state index in [0.29, 0.717) is 13.0 Å². The van der Waals surface area contributed by atoms with E-state index >= 15 is 0 Å². The fourth-order valence-electron chi connectivity index (χ4n) is 2.89. The van der Waals surface area contributed by atoms with Gasteiger partial charge in [-0.3, -0.25) is 4.68 Å². The maximum absolute atomic E-state index is 9.87. The summed E-state index contributed by atoms with van der Waals surface area (Å²) in [6.07, 6.45) is 3.92. The number of para-hydroxylation sites is 1. The third-order valence-corrected chi connectivity index (χ3v) is 4.04. The minimum Gasteiger partial charge on any atom is -0.393 e. The van der Waals surface area contributed by atoms with Gasteiger partial charge in [0.25, 0.3) is 0 Å². The highest BCUT2D eigenvalue weighted by Crippen LogP contribution is 2.21. The number of hydrogen-bond donors (Lipinski definition) is 1. The van der Waals surface area contributed by atoms with E-state index in [4.69, 9.17) is 0 Å². The van der Waals surface area contributed by atoms with Gasteiger partial charge >= 0.3 is 0 Å². The van der Waals surface area contributed by atoms with Crippen LogP contribution >= 0.6 is 0 Å². The predicted octanol–water partition coefficient (Wildman–Crippen LogP) is 0.757. The number of aryl methyl sites for hydroxylation is 1. The average molecular weight is 296 g/mol. The summed E-state index contributed by atoms with van der Waals surface area (Å²) in [6, 6.07) is 9.78. The largest absolute Gasteiger partial charge is 0.393 e. The van der Waals surface area contributed by atoms with Gasteiger partial charge in [-0.05, 0) is 41.0 Å². The minimum atomic E-state index is -0.284. The van der Waals surface area contributed by atoms with E-state index < -0.39 is 0 Å². The van der Waals surface area contributed by atoms with Crippen LogP contribution in [0.5, 0.6) is 0 Å². The molecule has 7 nitrogen and oxygen atoms in total. The Morgan fingerprint density at radius 2 is 2.09 bits per heavy atom. The van der Waals surface area contributed by atoms with Crippen molar-refractivity contribution in [3.63, 3.8) is 0 Å². The van der Waals surface area contributed by atoms with Crippen LogP contribution in [0.2, 0.25) is 0 Å². The van der Waals surface area contributed by atoms with Crippen LogP contribution in [0.4, 0.5) is 0 Å². The lowest BCUT2D eigenvalue weighted by Gasteiger charge is -2.18. The Balaban J connectivity index is 1.66. The number of aromatic nitrogens is 6. The van der Waals surface area contributed by atoms with Crippen LogP contribution in [0.3, 0.4) is 0 Å². The first-order chi connectivity index (χ1) is 10.8. The van der Waals surface area contributed by atoms with Crippen LogP contribution in [-0.4, -0.2) is 41.2 Å². The molecule has 1 unspecified atom stereocenters. The van der Waals surface area contributed by atoms with Crippen LogP contribution in [0.15, 0.2) is 36.5 Å². The van der Waals surface area contributed by atoms with Gasteiger partial charge in [-0.15, -0.1) is 5.10 Å². The molecule has 1 aliphatic carbocycles. The van der Waals surface area contributed by atoms with Gasteiger partial charge in [-0.2, -0.15) is 9.78 Å². The molecule has 22 heavy (non-hydrogen) atoms. The van der Waals surface area contributed by atoms with Crippen molar-refractivity contribution in [3.05, 3.63) is 53.6 Å². The third-order valence-electron chi connectivity index (χ3n) is 4.04. The smallest absolute Gasteiger partial charge is 0.178 e. The van der Waals surface area contributed by atoms with Crippen LogP contribution < -0.4 is 0 Å². The summed E-state index contributed by atoms with van der Waals surface area (Å²) in [6.45, 7) is 0.490. The Morgan fingerprint density at radius 1 is 1.23 bits per heavy atom. The molecule has 0 amide bonds. The third kappa shape index (κ3) is 2.29. The van der Waals surface area contributed by atoms with Crippen molar-refractivity contribution in [2.45, 2.75) is 31.9 Å². The molecular weight excluding hydrogens is 280 g/mol. The predicted molar refractivity (Wildman–Crippen MR) is 78.5 cm³/mol. The van der Waals surface area contributed by atoms with Crippen molar-refractivity contribution in [2.75, 3.05) is 0 Å². The van der Waals surface area contributed by atoms with Crippen molar-refractivity contribution < 1.29 is 5.11 Å². The van der Waals surface area contributed by atoms with Crippen LogP contribution in [-0.2, 0) is 19.4 Å². The number of rotatable bonds is 3. The van der Waals surface area contributed by atoms with E-state index in [0.717, 1.165) is 30.0 Å². The number of aliphatic hydroxyl groups is 1. The Labute approximate surface area is 127 Å². The van der Waals surface area contributed by atoms with Gasteiger partial charge in [0.1, 0.15) is 6.54 Å².